The van der Waals surface area contributed by atoms with Gasteiger partial charge in [0.2, 0.25) is 0 Å². The molecule has 2 nitrogen and oxygen atoms in total. The Morgan fingerprint density at radius 1 is 1.40 bits per heavy atom. The van der Waals surface area contributed by atoms with Crippen LogP contribution in [0, 0.1) is 5.41 Å². The highest BCUT2D eigenvalue weighted by Crippen LogP contribution is 2.37. The molecule has 0 amide bonds. The first kappa shape index (κ1) is 11.9. The Morgan fingerprint density at radius 2 is 2.00 bits per heavy atom. The van der Waals surface area contributed by atoms with E-state index in [1.165, 1.54) is 0 Å². The van der Waals surface area contributed by atoms with Crippen molar-refractivity contribution in [3.63, 3.8) is 0 Å². The van der Waals surface area contributed by atoms with Crippen molar-refractivity contribution in [3.8, 4) is 0 Å². The molecule has 0 aliphatic rings. The lowest BCUT2D eigenvalue weighted by Gasteiger charge is -2.31. The zero-order valence-electron chi connectivity index (χ0n) is 9.57. The van der Waals surface area contributed by atoms with E-state index in [0.29, 0.717) is 0 Å². The summed E-state index contributed by atoms with van der Waals surface area (Å²) < 4.78 is 5.45. The SMILES string of the molecule is CC[C@](C)(C=O)[C@H](OC)c1ccccc1. The lowest BCUT2D eigenvalue weighted by molar-refractivity contribution is -0.123. The Bertz CT molecular complexity index is 308. The second-order valence-corrected chi connectivity index (χ2v) is 4.00. The highest BCUT2D eigenvalue weighted by atomic mass is 16.5. The van der Waals surface area contributed by atoms with Gasteiger partial charge in [-0.25, -0.2) is 0 Å². The van der Waals surface area contributed by atoms with E-state index in [1.807, 2.05) is 44.2 Å². The summed E-state index contributed by atoms with van der Waals surface area (Å²) in [5.74, 6) is 0. The molecule has 0 radical (unpaired) electrons. The molecule has 82 valence electrons. The molecule has 1 aromatic rings. The van der Waals surface area contributed by atoms with E-state index in [0.717, 1.165) is 18.3 Å². The van der Waals surface area contributed by atoms with Gasteiger partial charge in [0.1, 0.15) is 6.29 Å². The summed E-state index contributed by atoms with van der Waals surface area (Å²) in [6.45, 7) is 3.94. The maximum atomic E-state index is 11.2. The van der Waals surface area contributed by atoms with Crippen molar-refractivity contribution >= 4 is 6.29 Å². The van der Waals surface area contributed by atoms with Crippen LogP contribution in [-0.4, -0.2) is 13.4 Å². The van der Waals surface area contributed by atoms with Gasteiger partial charge in [-0.3, -0.25) is 0 Å². The summed E-state index contributed by atoms with van der Waals surface area (Å²) >= 11 is 0. The zero-order chi connectivity index (χ0) is 11.3. The van der Waals surface area contributed by atoms with Gasteiger partial charge in [0, 0.05) is 7.11 Å². The molecule has 0 aliphatic carbocycles. The van der Waals surface area contributed by atoms with Crippen LogP contribution in [0.25, 0.3) is 0 Å². The molecule has 0 aliphatic heterocycles. The van der Waals surface area contributed by atoms with Gasteiger partial charge in [-0.1, -0.05) is 44.2 Å². The van der Waals surface area contributed by atoms with Crippen molar-refractivity contribution in [2.45, 2.75) is 26.4 Å². The van der Waals surface area contributed by atoms with Crippen LogP contribution in [0.1, 0.15) is 31.9 Å². The molecule has 0 saturated carbocycles. The molecule has 1 rings (SSSR count). The number of carbonyl (C=O) groups excluding carboxylic acids is 1. The molecule has 0 saturated heterocycles. The van der Waals surface area contributed by atoms with Crippen LogP contribution in [0.3, 0.4) is 0 Å². The molecular formula is C13H18O2. The number of ether oxygens (including phenoxy) is 1. The first-order valence-corrected chi connectivity index (χ1v) is 5.22. The number of rotatable bonds is 5. The Morgan fingerprint density at radius 3 is 2.40 bits per heavy atom. The molecule has 0 N–H and O–H groups in total. The van der Waals surface area contributed by atoms with Crippen LogP contribution >= 0.6 is 0 Å². The number of hydrogen-bond acceptors (Lipinski definition) is 2. The molecule has 2 atom stereocenters. The molecule has 1 aromatic carbocycles. The minimum atomic E-state index is -0.448. The second kappa shape index (κ2) is 5.08. The van der Waals surface area contributed by atoms with Crippen LogP contribution in [0.2, 0.25) is 0 Å². The van der Waals surface area contributed by atoms with E-state index in [2.05, 4.69) is 0 Å². The maximum Gasteiger partial charge on any atom is 0.128 e. The predicted molar refractivity (Wildman–Crippen MR) is 60.7 cm³/mol. The molecule has 0 fully saturated rings. The van der Waals surface area contributed by atoms with Crippen molar-refractivity contribution in [3.05, 3.63) is 35.9 Å². The maximum absolute atomic E-state index is 11.2. The number of hydrogen-bond donors (Lipinski definition) is 0. The average molecular weight is 206 g/mol. The highest BCUT2D eigenvalue weighted by Gasteiger charge is 2.33. The van der Waals surface area contributed by atoms with E-state index < -0.39 is 5.41 Å². The molecule has 0 spiro atoms. The Kier molecular flexibility index (Phi) is 4.04. The van der Waals surface area contributed by atoms with Crippen LogP contribution in [0.4, 0.5) is 0 Å². The Labute approximate surface area is 91.3 Å². The van der Waals surface area contributed by atoms with Crippen molar-refractivity contribution in [1.29, 1.82) is 0 Å². The standard InChI is InChI=1S/C13H18O2/c1-4-13(2,10-14)12(15-3)11-8-6-5-7-9-11/h5-10,12H,4H2,1-3H3/t12-,13-/m1/s1. The zero-order valence-corrected chi connectivity index (χ0v) is 9.57. The summed E-state index contributed by atoms with van der Waals surface area (Å²) in [6.07, 6.45) is 1.60. The van der Waals surface area contributed by atoms with Gasteiger partial charge in [0.25, 0.3) is 0 Å². The fraction of sp³-hybridized carbons (Fsp3) is 0.462. The summed E-state index contributed by atoms with van der Waals surface area (Å²) in [5, 5.41) is 0. The van der Waals surface area contributed by atoms with Gasteiger partial charge < -0.3 is 9.53 Å². The number of carbonyl (C=O) groups is 1. The van der Waals surface area contributed by atoms with Gasteiger partial charge in [0.15, 0.2) is 0 Å². The van der Waals surface area contributed by atoms with Crippen molar-refractivity contribution in [2.75, 3.05) is 7.11 Å². The van der Waals surface area contributed by atoms with Crippen molar-refractivity contribution in [2.24, 2.45) is 5.41 Å². The fourth-order valence-electron chi connectivity index (χ4n) is 1.74. The first-order chi connectivity index (χ1) is 7.18. The number of methoxy groups -OCH3 is 1. The predicted octanol–water partition coefficient (Wildman–Crippen LogP) is 2.99. The molecule has 15 heavy (non-hydrogen) atoms. The van der Waals surface area contributed by atoms with E-state index in [-0.39, 0.29) is 6.10 Å². The molecule has 0 aromatic heterocycles. The van der Waals surface area contributed by atoms with Crippen molar-refractivity contribution < 1.29 is 9.53 Å². The highest BCUT2D eigenvalue weighted by molar-refractivity contribution is 5.60. The van der Waals surface area contributed by atoms with Crippen molar-refractivity contribution in [1.82, 2.24) is 0 Å². The molecule has 0 bridgehead atoms. The first-order valence-electron chi connectivity index (χ1n) is 5.22. The Balaban J connectivity index is 3.03. The molecule has 0 heterocycles. The molecule has 0 unspecified atom stereocenters. The van der Waals surface area contributed by atoms with E-state index in [1.54, 1.807) is 7.11 Å². The van der Waals surface area contributed by atoms with Gasteiger partial charge >= 0.3 is 0 Å². The van der Waals surface area contributed by atoms with E-state index >= 15 is 0 Å². The average Bonchev–Trinajstić information content (AvgIpc) is 2.31. The van der Waals surface area contributed by atoms with E-state index in [9.17, 15) is 4.79 Å². The summed E-state index contributed by atoms with van der Waals surface area (Å²) in [7, 11) is 1.65. The monoisotopic (exact) mass is 206 g/mol. The van der Waals surface area contributed by atoms with Gasteiger partial charge in [-0.05, 0) is 12.0 Å². The van der Waals surface area contributed by atoms with Gasteiger partial charge in [-0.2, -0.15) is 0 Å². The largest absolute Gasteiger partial charge is 0.376 e. The summed E-state index contributed by atoms with van der Waals surface area (Å²) in [6, 6.07) is 9.86. The second-order valence-electron chi connectivity index (χ2n) is 4.00. The topological polar surface area (TPSA) is 26.3 Å². The fourth-order valence-corrected chi connectivity index (χ4v) is 1.74. The third kappa shape index (κ3) is 2.45. The number of aldehydes is 1. The summed E-state index contributed by atoms with van der Waals surface area (Å²) in [4.78, 5) is 11.2. The lowest BCUT2D eigenvalue weighted by atomic mass is 9.80. The van der Waals surface area contributed by atoms with Gasteiger partial charge in [0.05, 0.1) is 11.5 Å². The minimum Gasteiger partial charge on any atom is -0.376 e. The Hall–Kier alpha value is -1.15. The van der Waals surface area contributed by atoms with Gasteiger partial charge in [-0.15, -0.1) is 0 Å². The van der Waals surface area contributed by atoms with E-state index in [4.69, 9.17) is 4.74 Å². The van der Waals surface area contributed by atoms with Crippen LogP contribution in [0.15, 0.2) is 30.3 Å². The van der Waals surface area contributed by atoms with Crippen LogP contribution in [0.5, 0.6) is 0 Å². The third-order valence-electron chi connectivity index (χ3n) is 2.97. The smallest absolute Gasteiger partial charge is 0.128 e. The number of benzene rings is 1. The van der Waals surface area contributed by atoms with Crippen LogP contribution < -0.4 is 0 Å². The summed E-state index contributed by atoms with van der Waals surface area (Å²) in [5.41, 5.74) is 0.604. The molecular weight excluding hydrogens is 188 g/mol. The minimum absolute atomic E-state index is 0.166. The third-order valence-corrected chi connectivity index (χ3v) is 2.97. The van der Waals surface area contributed by atoms with Crippen LogP contribution in [-0.2, 0) is 9.53 Å². The molecule has 2 heteroatoms. The quantitative estimate of drug-likeness (QED) is 0.692. The normalized spacial score (nSPS) is 16.7. The lowest BCUT2D eigenvalue weighted by Crippen LogP contribution is -2.28.